The average Bonchev–Trinajstić information content (AvgIpc) is 3.11. The molecule has 3 heterocycles. The first-order valence-electron chi connectivity index (χ1n) is 8.49. The Bertz CT molecular complexity index is 465. The van der Waals surface area contributed by atoms with Crippen LogP contribution in [0, 0.1) is 5.92 Å². The van der Waals surface area contributed by atoms with Crippen LogP contribution in [0.4, 0.5) is 5.69 Å². The van der Waals surface area contributed by atoms with Gasteiger partial charge in [0.25, 0.3) is 0 Å². The normalized spacial score (nSPS) is 22.7. The second kappa shape index (κ2) is 7.58. The maximum Gasteiger partial charge on any atom is 0.237 e. The first kappa shape index (κ1) is 15.3. The zero-order valence-corrected chi connectivity index (χ0v) is 13.1. The standard InChI is InChI=1S/C17H26N4O/c22-17(16-2-1-8-19-16)20-11-3-14-6-12-21(13-7-14)15-4-9-18-10-5-15/h4-5,9-10,14,16,19H,1-3,6-8,11-13H2,(H,20,22). The summed E-state index contributed by atoms with van der Waals surface area (Å²) in [6, 6.07) is 4.21. The summed E-state index contributed by atoms with van der Waals surface area (Å²) >= 11 is 0. The van der Waals surface area contributed by atoms with Crippen LogP contribution in [-0.2, 0) is 4.79 Å². The predicted molar refractivity (Wildman–Crippen MR) is 87.8 cm³/mol. The predicted octanol–water partition coefficient (Wildman–Crippen LogP) is 1.56. The van der Waals surface area contributed by atoms with Crippen LogP contribution >= 0.6 is 0 Å². The zero-order chi connectivity index (χ0) is 15.2. The van der Waals surface area contributed by atoms with Gasteiger partial charge in [-0.2, -0.15) is 0 Å². The van der Waals surface area contributed by atoms with Gasteiger partial charge >= 0.3 is 0 Å². The van der Waals surface area contributed by atoms with Crippen molar-refractivity contribution < 1.29 is 4.79 Å². The van der Waals surface area contributed by atoms with Crippen molar-refractivity contribution in [2.75, 3.05) is 31.1 Å². The van der Waals surface area contributed by atoms with Crippen LogP contribution in [-0.4, -0.2) is 43.1 Å². The highest BCUT2D eigenvalue weighted by Crippen LogP contribution is 2.24. The van der Waals surface area contributed by atoms with Crippen molar-refractivity contribution in [1.29, 1.82) is 0 Å². The van der Waals surface area contributed by atoms with Gasteiger partial charge in [0.1, 0.15) is 0 Å². The highest BCUT2D eigenvalue weighted by molar-refractivity contribution is 5.81. The van der Waals surface area contributed by atoms with Crippen LogP contribution in [0.1, 0.15) is 32.1 Å². The number of carbonyl (C=O) groups is 1. The van der Waals surface area contributed by atoms with Gasteiger partial charge in [0, 0.05) is 37.7 Å². The molecule has 1 unspecified atom stereocenters. The highest BCUT2D eigenvalue weighted by atomic mass is 16.2. The van der Waals surface area contributed by atoms with Gasteiger partial charge in [0.15, 0.2) is 0 Å². The van der Waals surface area contributed by atoms with Crippen LogP contribution in [0.15, 0.2) is 24.5 Å². The highest BCUT2D eigenvalue weighted by Gasteiger charge is 2.23. The number of hydrogen-bond donors (Lipinski definition) is 2. The number of rotatable bonds is 5. The number of nitrogens with one attached hydrogen (secondary N) is 2. The van der Waals surface area contributed by atoms with Gasteiger partial charge in [0.2, 0.25) is 5.91 Å². The number of pyridine rings is 1. The Morgan fingerprint density at radius 3 is 2.73 bits per heavy atom. The van der Waals surface area contributed by atoms with E-state index in [4.69, 9.17) is 0 Å². The Morgan fingerprint density at radius 1 is 1.27 bits per heavy atom. The van der Waals surface area contributed by atoms with Gasteiger partial charge < -0.3 is 15.5 Å². The summed E-state index contributed by atoms with van der Waals surface area (Å²) < 4.78 is 0. The lowest BCUT2D eigenvalue weighted by Gasteiger charge is -2.33. The molecule has 2 aliphatic rings. The number of hydrogen-bond acceptors (Lipinski definition) is 4. The third-order valence-electron chi connectivity index (χ3n) is 4.87. The second-order valence-electron chi connectivity index (χ2n) is 6.36. The number of anilines is 1. The van der Waals surface area contributed by atoms with E-state index in [0.717, 1.165) is 51.4 Å². The Labute approximate surface area is 132 Å². The summed E-state index contributed by atoms with van der Waals surface area (Å²) in [5.74, 6) is 0.918. The zero-order valence-electron chi connectivity index (χ0n) is 13.1. The Hall–Kier alpha value is -1.62. The van der Waals surface area contributed by atoms with E-state index < -0.39 is 0 Å². The first-order valence-corrected chi connectivity index (χ1v) is 8.49. The van der Waals surface area contributed by atoms with E-state index in [1.807, 2.05) is 12.4 Å². The minimum atomic E-state index is 0.0496. The summed E-state index contributed by atoms with van der Waals surface area (Å²) in [5.41, 5.74) is 1.27. The molecular weight excluding hydrogens is 276 g/mol. The number of amides is 1. The number of carbonyl (C=O) groups excluding carboxylic acids is 1. The Morgan fingerprint density at radius 2 is 2.05 bits per heavy atom. The summed E-state index contributed by atoms with van der Waals surface area (Å²) in [6.07, 6.45) is 9.33. The lowest BCUT2D eigenvalue weighted by molar-refractivity contribution is -0.122. The molecule has 2 fully saturated rings. The average molecular weight is 302 g/mol. The van der Waals surface area contributed by atoms with Crippen molar-refractivity contribution in [1.82, 2.24) is 15.6 Å². The van der Waals surface area contributed by atoms with Crippen LogP contribution in [0.5, 0.6) is 0 Å². The maximum atomic E-state index is 11.9. The molecule has 0 radical (unpaired) electrons. The van der Waals surface area contributed by atoms with Crippen LogP contribution < -0.4 is 15.5 Å². The molecule has 1 aromatic rings. The molecular formula is C17H26N4O. The van der Waals surface area contributed by atoms with Gasteiger partial charge in [-0.15, -0.1) is 0 Å². The Balaban J connectivity index is 1.35. The molecule has 0 aliphatic carbocycles. The molecule has 3 rings (SSSR count). The minimum absolute atomic E-state index is 0.0496. The maximum absolute atomic E-state index is 11.9. The lowest BCUT2D eigenvalue weighted by atomic mass is 9.93. The van der Waals surface area contributed by atoms with E-state index in [1.165, 1.54) is 18.5 Å². The molecule has 1 aromatic heterocycles. The summed E-state index contributed by atoms with van der Waals surface area (Å²) in [6.45, 7) is 4.00. The van der Waals surface area contributed by atoms with Gasteiger partial charge in [-0.3, -0.25) is 9.78 Å². The van der Waals surface area contributed by atoms with E-state index >= 15 is 0 Å². The topological polar surface area (TPSA) is 57.3 Å². The largest absolute Gasteiger partial charge is 0.371 e. The molecule has 2 N–H and O–H groups in total. The third kappa shape index (κ3) is 3.97. The molecule has 2 aliphatic heterocycles. The number of piperidine rings is 1. The van der Waals surface area contributed by atoms with Crippen molar-refractivity contribution in [2.24, 2.45) is 5.92 Å². The van der Waals surface area contributed by atoms with Gasteiger partial charge in [-0.25, -0.2) is 0 Å². The molecule has 0 spiro atoms. The lowest BCUT2D eigenvalue weighted by Crippen LogP contribution is -2.41. The van der Waals surface area contributed by atoms with Crippen LogP contribution in [0.25, 0.3) is 0 Å². The van der Waals surface area contributed by atoms with E-state index in [1.54, 1.807) is 0 Å². The minimum Gasteiger partial charge on any atom is -0.371 e. The molecule has 22 heavy (non-hydrogen) atoms. The van der Waals surface area contributed by atoms with E-state index in [9.17, 15) is 4.79 Å². The van der Waals surface area contributed by atoms with E-state index in [-0.39, 0.29) is 11.9 Å². The van der Waals surface area contributed by atoms with Gasteiger partial charge in [-0.1, -0.05) is 0 Å². The molecule has 0 bridgehead atoms. The quantitative estimate of drug-likeness (QED) is 0.866. The SMILES string of the molecule is O=C(NCCC1CCN(c2ccncc2)CC1)C1CCCN1. The molecule has 0 aromatic carbocycles. The molecule has 1 atom stereocenters. The fourth-order valence-corrected chi connectivity index (χ4v) is 3.47. The van der Waals surface area contributed by atoms with Crippen LogP contribution in [0.2, 0.25) is 0 Å². The molecule has 5 heteroatoms. The van der Waals surface area contributed by atoms with Crippen molar-refractivity contribution >= 4 is 11.6 Å². The number of nitrogens with zero attached hydrogens (tertiary/aromatic N) is 2. The van der Waals surface area contributed by atoms with Crippen molar-refractivity contribution in [3.63, 3.8) is 0 Å². The molecule has 5 nitrogen and oxygen atoms in total. The van der Waals surface area contributed by atoms with Gasteiger partial charge in [0.05, 0.1) is 6.04 Å². The summed E-state index contributed by atoms with van der Waals surface area (Å²) in [4.78, 5) is 18.4. The Kier molecular flexibility index (Phi) is 5.27. The first-order chi connectivity index (χ1) is 10.8. The van der Waals surface area contributed by atoms with Crippen molar-refractivity contribution in [3.05, 3.63) is 24.5 Å². The third-order valence-corrected chi connectivity index (χ3v) is 4.87. The smallest absolute Gasteiger partial charge is 0.237 e. The molecule has 1 amide bonds. The fourth-order valence-electron chi connectivity index (χ4n) is 3.47. The van der Waals surface area contributed by atoms with E-state index in [2.05, 4.69) is 32.7 Å². The molecule has 0 saturated carbocycles. The van der Waals surface area contributed by atoms with Crippen LogP contribution in [0.3, 0.4) is 0 Å². The molecule has 2 saturated heterocycles. The monoisotopic (exact) mass is 302 g/mol. The second-order valence-corrected chi connectivity index (χ2v) is 6.36. The van der Waals surface area contributed by atoms with Gasteiger partial charge in [-0.05, 0) is 56.7 Å². The molecule has 120 valence electrons. The van der Waals surface area contributed by atoms with E-state index in [0.29, 0.717) is 0 Å². The number of aromatic nitrogens is 1. The van der Waals surface area contributed by atoms with Crippen molar-refractivity contribution in [3.8, 4) is 0 Å². The summed E-state index contributed by atoms with van der Waals surface area (Å²) in [7, 11) is 0. The fraction of sp³-hybridized carbons (Fsp3) is 0.647. The summed E-state index contributed by atoms with van der Waals surface area (Å²) in [5, 5.41) is 6.34. The van der Waals surface area contributed by atoms with Crippen molar-refractivity contribution in [2.45, 2.75) is 38.1 Å².